The molecule has 15 heavy (non-hydrogen) atoms. The summed E-state index contributed by atoms with van der Waals surface area (Å²) in [4.78, 5) is 10.9. The van der Waals surface area contributed by atoms with E-state index in [2.05, 4.69) is 0 Å². The number of phenols is 1. The molecule has 0 spiro atoms. The van der Waals surface area contributed by atoms with Crippen LogP contribution in [0.15, 0.2) is 18.2 Å². The third-order valence-corrected chi connectivity index (χ3v) is 2.09. The third kappa shape index (κ3) is 2.98. The van der Waals surface area contributed by atoms with Crippen molar-refractivity contribution >= 4 is 5.97 Å². The average molecular weight is 208 g/mol. The van der Waals surface area contributed by atoms with Crippen LogP contribution >= 0.6 is 0 Å². The number of carboxylic acid groups (broad SMARTS) is 1. The summed E-state index contributed by atoms with van der Waals surface area (Å²) < 4.78 is 0. The van der Waals surface area contributed by atoms with Gasteiger partial charge in [0.25, 0.3) is 0 Å². The molecular weight excluding hydrogens is 192 g/mol. The quantitative estimate of drug-likeness (QED) is 0.785. The normalized spacial score (nSPS) is 11.4. The van der Waals surface area contributed by atoms with Gasteiger partial charge in [-0.3, -0.25) is 0 Å². The standard InChI is InChI=1S/C12H16O3/c1-12(2,3)7-9-8(11(14)15)5-4-6-10(9)13/h4-6,13H,7H2,1-3H3,(H,14,15). The molecule has 0 bridgehead atoms. The van der Waals surface area contributed by atoms with Gasteiger partial charge in [0.15, 0.2) is 0 Å². The average Bonchev–Trinajstić information content (AvgIpc) is 2.05. The van der Waals surface area contributed by atoms with Crippen molar-refractivity contribution in [1.82, 2.24) is 0 Å². The van der Waals surface area contributed by atoms with Crippen molar-refractivity contribution in [2.75, 3.05) is 0 Å². The van der Waals surface area contributed by atoms with Gasteiger partial charge in [-0.1, -0.05) is 26.8 Å². The molecule has 0 aliphatic heterocycles. The van der Waals surface area contributed by atoms with Crippen LogP contribution in [0, 0.1) is 5.41 Å². The van der Waals surface area contributed by atoms with E-state index in [4.69, 9.17) is 5.11 Å². The van der Waals surface area contributed by atoms with Crippen LogP contribution in [0.4, 0.5) is 0 Å². The second kappa shape index (κ2) is 3.93. The van der Waals surface area contributed by atoms with E-state index in [9.17, 15) is 9.90 Å². The van der Waals surface area contributed by atoms with Gasteiger partial charge in [0.2, 0.25) is 0 Å². The molecule has 1 rings (SSSR count). The lowest BCUT2D eigenvalue weighted by atomic mass is 9.86. The SMILES string of the molecule is CC(C)(C)Cc1c(O)cccc1C(=O)O. The van der Waals surface area contributed by atoms with Gasteiger partial charge in [0.1, 0.15) is 5.75 Å². The van der Waals surface area contributed by atoms with E-state index >= 15 is 0 Å². The molecule has 2 N–H and O–H groups in total. The molecule has 0 fully saturated rings. The highest BCUT2D eigenvalue weighted by Gasteiger charge is 2.19. The lowest BCUT2D eigenvalue weighted by Gasteiger charge is -2.20. The molecule has 0 aromatic heterocycles. The Bertz CT molecular complexity index is 375. The molecule has 0 saturated carbocycles. The Labute approximate surface area is 89.4 Å². The van der Waals surface area contributed by atoms with Gasteiger partial charge in [-0.25, -0.2) is 4.79 Å². The smallest absolute Gasteiger partial charge is 0.336 e. The Morgan fingerprint density at radius 1 is 1.33 bits per heavy atom. The predicted octanol–water partition coefficient (Wildman–Crippen LogP) is 2.68. The van der Waals surface area contributed by atoms with Gasteiger partial charge in [-0.05, 0) is 24.0 Å². The summed E-state index contributed by atoms with van der Waals surface area (Å²) in [5.41, 5.74) is 0.644. The highest BCUT2D eigenvalue weighted by Crippen LogP contribution is 2.29. The lowest BCUT2D eigenvalue weighted by molar-refractivity contribution is 0.0694. The monoisotopic (exact) mass is 208 g/mol. The maximum absolute atomic E-state index is 10.9. The number of hydrogen-bond acceptors (Lipinski definition) is 2. The number of phenolic OH excluding ortho intramolecular Hbond substituents is 1. The summed E-state index contributed by atoms with van der Waals surface area (Å²) in [5.74, 6) is -0.935. The zero-order valence-corrected chi connectivity index (χ0v) is 9.24. The van der Waals surface area contributed by atoms with Gasteiger partial charge in [-0.15, -0.1) is 0 Å². The van der Waals surface area contributed by atoms with Gasteiger partial charge < -0.3 is 10.2 Å². The van der Waals surface area contributed by atoms with Crippen molar-refractivity contribution in [1.29, 1.82) is 0 Å². The summed E-state index contributed by atoms with van der Waals surface area (Å²) in [7, 11) is 0. The van der Waals surface area contributed by atoms with Gasteiger partial charge in [0, 0.05) is 5.56 Å². The van der Waals surface area contributed by atoms with E-state index in [0.717, 1.165) is 0 Å². The first-order chi connectivity index (χ1) is 6.81. The molecule has 0 amide bonds. The molecule has 1 aromatic rings. The zero-order valence-electron chi connectivity index (χ0n) is 9.24. The predicted molar refractivity (Wildman–Crippen MR) is 58.2 cm³/mol. The Kier molecular flexibility index (Phi) is 3.03. The largest absolute Gasteiger partial charge is 0.508 e. The lowest BCUT2D eigenvalue weighted by Crippen LogP contribution is -2.13. The van der Waals surface area contributed by atoms with E-state index in [1.807, 2.05) is 20.8 Å². The number of carbonyl (C=O) groups is 1. The van der Waals surface area contributed by atoms with Crippen LogP contribution in [0.3, 0.4) is 0 Å². The minimum atomic E-state index is -0.995. The fourth-order valence-electron chi connectivity index (χ4n) is 1.49. The summed E-state index contributed by atoms with van der Waals surface area (Å²) in [5, 5.41) is 18.6. The molecule has 3 heteroatoms. The molecule has 0 aliphatic carbocycles. The second-order valence-electron chi connectivity index (χ2n) is 4.85. The molecule has 0 aliphatic rings. The van der Waals surface area contributed by atoms with E-state index in [0.29, 0.717) is 12.0 Å². The molecule has 82 valence electrons. The van der Waals surface area contributed by atoms with E-state index in [1.165, 1.54) is 12.1 Å². The molecule has 0 heterocycles. The van der Waals surface area contributed by atoms with E-state index in [1.54, 1.807) is 6.07 Å². The number of benzene rings is 1. The van der Waals surface area contributed by atoms with Crippen LogP contribution in [-0.2, 0) is 6.42 Å². The van der Waals surface area contributed by atoms with Gasteiger partial charge in [-0.2, -0.15) is 0 Å². The minimum Gasteiger partial charge on any atom is -0.508 e. The maximum atomic E-state index is 10.9. The molecular formula is C12H16O3. The summed E-state index contributed by atoms with van der Waals surface area (Å²) >= 11 is 0. The fraction of sp³-hybridized carbons (Fsp3) is 0.417. The number of rotatable bonds is 2. The molecule has 0 atom stereocenters. The first-order valence-corrected chi connectivity index (χ1v) is 4.85. The van der Waals surface area contributed by atoms with Gasteiger partial charge in [0.05, 0.1) is 5.56 Å². The topological polar surface area (TPSA) is 57.5 Å². The summed E-state index contributed by atoms with van der Waals surface area (Å²) in [6, 6.07) is 4.58. The van der Waals surface area contributed by atoms with Crippen molar-refractivity contribution in [2.24, 2.45) is 5.41 Å². The Morgan fingerprint density at radius 2 is 1.93 bits per heavy atom. The second-order valence-corrected chi connectivity index (χ2v) is 4.85. The maximum Gasteiger partial charge on any atom is 0.336 e. The fourth-order valence-corrected chi connectivity index (χ4v) is 1.49. The number of aromatic hydroxyl groups is 1. The number of carboxylic acids is 1. The number of aromatic carboxylic acids is 1. The molecule has 0 unspecified atom stereocenters. The van der Waals surface area contributed by atoms with Crippen molar-refractivity contribution in [2.45, 2.75) is 27.2 Å². The highest BCUT2D eigenvalue weighted by atomic mass is 16.4. The summed E-state index contributed by atoms with van der Waals surface area (Å²) in [6.07, 6.45) is 0.543. The van der Waals surface area contributed by atoms with Crippen molar-refractivity contribution in [3.63, 3.8) is 0 Å². The minimum absolute atomic E-state index is 0.0525. The number of hydrogen-bond donors (Lipinski definition) is 2. The van der Waals surface area contributed by atoms with Crippen LogP contribution < -0.4 is 0 Å². The molecule has 0 saturated heterocycles. The van der Waals surface area contributed by atoms with Crippen LogP contribution in [0.25, 0.3) is 0 Å². The van der Waals surface area contributed by atoms with Gasteiger partial charge >= 0.3 is 5.97 Å². The van der Waals surface area contributed by atoms with Crippen LogP contribution in [-0.4, -0.2) is 16.2 Å². The van der Waals surface area contributed by atoms with Crippen LogP contribution in [0.5, 0.6) is 5.75 Å². The third-order valence-electron chi connectivity index (χ3n) is 2.09. The van der Waals surface area contributed by atoms with E-state index < -0.39 is 5.97 Å². The molecule has 3 nitrogen and oxygen atoms in total. The van der Waals surface area contributed by atoms with Crippen molar-refractivity contribution in [3.8, 4) is 5.75 Å². The Morgan fingerprint density at radius 3 is 2.40 bits per heavy atom. The van der Waals surface area contributed by atoms with Crippen molar-refractivity contribution in [3.05, 3.63) is 29.3 Å². The molecule has 0 radical (unpaired) electrons. The zero-order chi connectivity index (χ0) is 11.6. The van der Waals surface area contributed by atoms with E-state index in [-0.39, 0.29) is 16.7 Å². The van der Waals surface area contributed by atoms with Crippen LogP contribution in [0.2, 0.25) is 0 Å². The first kappa shape index (κ1) is 11.6. The Hall–Kier alpha value is -1.51. The summed E-state index contributed by atoms with van der Waals surface area (Å²) in [6.45, 7) is 6.02. The molecule has 1 aromatic carbocycles. The Balaban J connectivity index is 3.19. The van der Waals surface area contributed by atoms with Crippen LogP contribution in [0.1, 0.15) is 36.7 Å². The first-order valence-electron chi connectivity index (χ1n) is 4.85. The highest BCUT2D eigenvalue weighted by molar-refractivity contribution is 5.90. The van der Waals surface area contributed by atoms with Crippen molar-refractivity contribution < 1.29 is 15.0 Å².